The van der Waals surface area contributed by atoms with E-state index in [0.29, 0.717) is 0 Å². The van der Waals surface area contributed by atoms with Gasteiger partial charge in [0.15, 0.2) is 0 Å². The van der Waals surface area contributed by atoms with Crippen LogP contribution in [-0.2, 0) is 9.59 Å². The quantitative estimate of drug-likeness (QED) is 0.654. The minimum atomic E-state index is -2.95. The van der Waals surface area contributed by atoms with Crippen molar-refractivity contribution < 1.29 is 23.5 Å². The first-order chi connectivity index (χ1) is 5.36. The van der Waals surface area contributed by atoms with Crippen molar-refractivity contribution in [1.29, 1.82) is 0 Å². The fourth-order valence-electron chi connectivity index (χ4n) is 1.23. The molecule has 0 aromatic rings. The number of hydrogen-bond donors (Lipinski definition) is 1. The Balaban J connectivity index is 2.70. The predicted octanol–water partition coefficient (Wildman–Crippen LogP) is 0.931. The van der Waals surface area contributed by atoms with E-state index in [-0.39, 0.29) is 0 Å². The summed E-state index contributed by atoms with van der Waals surface area (Å²) in [4.78, 5) is 21.0. The van der Waals surface area contributed by atoms with Crippen LogP contribution in [0.3, 0.4) is 0 Å². The van der Waals surface area contributed by atoms with Crippen LogP contribution in [0.1, 0.15) is 13.3 Å². The summed E-state index contributed by atoms with van der Waals surface area (Å²) in [5, 5.41) is 8.43. The summed E-state index contributed by atoms with van der Waals surface area (Å²) in [7, 11) is 0. The van der Waals surface area contributed by atoms with Gasteiger partial charge in [0.2, 0.25) is 0 Å². The smallest absolute Gasteiger partial charge is 0.314 e. The number of aliphatic carboxylic acids is 1. The van der Waals surface area contributed by atoms with Crippen molar-refractivity contribution in [2.75, 3.05) is 0 Å². The molecule has 1 aliphatic carbocycles. The van der Waals surface area contributed by atoms with Crippen LogP contribution in [0.4, 0.5) is 8.78 Å². The van der Waals surface area contributed by atoms with Crippen molar-refractivity contribution in [2.24, 2.45) is 11.8 Å². The molecule has 0 aromatic carbocycles. The average Bonchev–Trinajstić information content (AvgIpc) is 2.37. The molecule has 1 N–H and O–H groups in total. The van der Waals surface area contributed by atoms with Crippen LogP contribution in [-0.4, -0.2) is 22.8 Å². The van der Waals surface area contributed by atoms with Crippen LogP contribution in [0, 0.1) is 11.8 Å². The van der Waals surface area contributed by atoms with Gasteiger partial charge in [0, 0.05) is 12.3 Å². The van der Waals surface area contributed by atoms with Gasteiger partial charge in [-0.2, -0.15) is 0 Å². The second kappa shape index (κ2) is 2.50. The van der Waals surface area contributed by atoms with Crippen LogP contribution < -0.4 is 0 Å². The van der Waals surface area contributed by atoms with Gasteiger partial charge in [-0.1, -0.05) is 0 Å². The topological polar surface area (TPSA) is 54.4 Å². The lowest BCUT2D eigenvalue weighted by atomic mass is 10.00. The molecule has 2 unspecified atom stereocenters. The molecule has 0 saturated heterocycles. The highest BCUT2D eigenvalue weighted by atomic mass is 19.3. The molecule has 1 saturated carbocycles. The summed E-state index contributed by atoms with van der Waals surface area (Å²) >= 11 is 0. The van der Waals surface area contributed by atoms with Crippen LogP contribution in [0.15, 0.2) is 0 Å². The monoisotopic (exact) mass is 178 g/mol. The molecule has 0 radical (unpaired) electrons. The van der Waals surface area contributed by atoms with Crippen LogP contribution >= 0.6 is 0 Å². The van der Waals surface area contributed by atoms with E-state index >= 15 is 0 Å². The molecule has 0 heterocycles. The Hall–Kier alpha value is -1.00. The van der Waals surface area contributed by atoms with Crippen LogP contribution in [0.5, 0.6) is 0 Å². The van der Waals surface area contributed by atoms with E-state index in [0.717, 1.165) is 6.92 Å². The summed E-state index contributed by atoms with van der Waals surface area (Å²) in [6, 6.07) is 0. The molecular weight excluding hydrogens is 170 g/mol. The lowest BCUT2D eigenvalue weighted by Crippen LogP contribution is -2.25. The van der Waals surface area contributed by atoms with Crippen molar-refractivity contribution in [1.82, 2.24) is 0 Å². The number of alkyl halides is 2. The van der Waals surface area contributed by atoms with Crippen molar-refractivity contribution >= 4 is 11.8 Å². The maximum Gasteiger partial charge on any atom is 0.314 e. The third-order valence-electron chi connectivity index (χ3n) is 1.98. The maximum absolute atomic E-state index is 12.4. The van der Waals surface area contributed by atoms with E-state index in [2.05, 4.69) is 0 Å². The number of carboxylic acids is 1. The average molecular weight is 178 g/mol. The van der Waals surface area contributed by atoms with Gasteiger partial charge >= 0.3 is 5.97 Å². The molecule has 0 spiro atoms. The Morgan fingerprint density at radius 2 is 2.00 bits per heavy atom. The molecule has 0 aromatic heterocycles. The fourth-order valence-corrected chi connectivity index (χ4v) is 1.23. The molecule has 3 nitrogen and oxygen atoms in total. The number of carbonyl (C=O) groups excluding carboxylic acids is 1. The highest BCUT2D eigenvalue weighted by Crippen LogP contribution is 2.53. The lowest BCUT2D eigenvalue weighted by molar-refractivity contribution is -0.147. The number of carbonyl (C=O) groups is 2. The minimum Gasteiger partial charge on any atom is -0.481 e. The number of ketones is 1. The second-order valence-electron chi connectivity index (χ2n) is 3.00. The van der Waals surface area contributed by atoms with Gasteiger partial charge in [0.1, 0.15) is 11.7 Å². The van der Waals surface area contributed by atoms with E-state index in [1.165, 1.54) is 0 Å². The molecule has 1 fully saturated rings. The molecule has 2 atom stereocenters. The first kappa shape index (κ1) is 9.09. The molecule has 68 valence electrons. The number of carboxylic acid groups (broad SMARTS) is 1. The Morgan fingerprint density at radius 1 is 1.58 bits per heavy atom. The normalized spacial score (nSPS) is 27.8. The molecular formula is C7H8F2O3. The first-order valence-electron chi connectivity index (χ1n) is 3.47. The van der Waals surface area contributed by atoms with Gasteiger partial charge in [0.25, 0.3) is 5.92 Å². The molecule has 0 bridgehead atoms. The molecule has 0 amide bonds. The molecule has 12 heavy (non-hydrogen) atoms. The molecule has 1 aliphatic rings. The Kier molecular flexibility index (Phi) is 1.89. The predicted molar refractivity (Wildman–Crippen MR) is 34.9 cm³/mol. The van der Waals surface area contributed by atoms with Crippen molar-refractivity contribution in [3.8, 4) is 0 Å². The number of rotatable bonds is 3. The summed E-state index contributed by atoms with van der Waals surface area (Å²) < 4.78 is 24.7. The Labute approximate surface area is 67.4 Å². The van der Waals surface area contributed by atoms with Gasteiger partial charge in [-0.15, -0.1) is 0 Å². The summed E-state index contributed by atoms with van der Waals surface area (Å²) in [5.41, 5.74) is 0. The van der Waals surface area contributed by atoms with Gasteiger partial charge in [-0.3, -0.25) is 9.59 Å². The standard InChI is InChI=1S/C7H8F2O3/c1-3(10)5(6(11)12)4-2-7(4,8)9/h4-5H,2H2,1H3,(H,11,12). The van der Waals surface area contributed by atoms with E-state index in [4.69, 9.17) is 5.11 Å². The number of halogens is 2. The van der Waals surface area contributed by atoms with Gasteiger partial charge in [0.05, 0.1) is 0 Å². The molecule has 1 rings (SSSR count). The van der Waals surface area contributed by atoms with E-state index in [1.54, 1.807) is 0 Å². The number of Topliss-reactive ketones (excluding diaryl/α,β-unsaturated/α-hetero) is 1. The third-order valence-corrected chi connectivity index (χ3v) is 1.98. The zero-order chi connectivity index (χ0) is 9.52. The molecule has 0 aliphatic heterocycles. The van der Waals surface area contributed by atoms with E-state index in [1.807, 2.05) is 0 Å². The third kappa shape index (κ3) is 1.44. The summed E-state index contributed by atoms with van der Waals surface area (Å²) in [5.74, 6) is -7.92. The van der Waals surface area contributed by atoms with Crippen LogP contribution in [0.2, 0.25) is 0 Å². The zero-order valence-corrected chi connectivity index (χ0v) is 6.38. The van der Waals surface area contributed by atoms with Crippen molar-refractivity contribution in [3.05, 3.63) is 0 Å². The summed E-state index contributed by atoms with van der Waals surface area (Å²) in [6.45, 7) is 1.02. The van der Waals surface area contributed by atoms with Gasteiger partial charge < -0.3 is 5.11 Å². The van der Waals surface area contributed by atoms with Crippen molar-refractivity contribution in [2.45, 2.75) is 19.3 Å². The Morgan fingerprint density at radius 3 is 2.08 bits per heavy atom. The highest BCUT2D eigenvalue weighted by Gasteiger charge is 2.63. The fraction of sp³-hybridized carbons (Fsp3) is 0.714. The minimum absolute atomic E-state index is 0.483. The SMILES string of the molecule is CC(=O)C(C(=O)O)C1CC1(F)F. The molecule has 5 heteroatoms. The lowest BCUT2D eigenvalue weighted by Gasteiger charge is -2.05. The van der Waals surface area contributed by atoms with Gasteiger partial charge in [-0.05, 0) is 6.92 Å². The van der Waals surface area contributed by atoms with E-state index in [9.17, 15) is 18.4 Å². The maximum atomic E-state index is 12.4. The second-order valence-corrected chi connectivity index (χ2v) is 3.00. The number of hydrogen-bond acceptors (Lipinski definition) is 2. The van der Waals surface area contributed by atoms with Crippen molar-refractivity contribution in [3.63, 3.8) is 0 Å². The Bertz CT molecular complexity index is 223. The zero-order valence-electron chi connectivity index (χ0n) is 6.38. The van der Waals surface area contributed by atoms with Crippen LogP contribution in [0.25, 0.3) is 0 Å². The summed E-state index contributed by atoms with van der Waals surface area (Å²) in [6.07, 6.45) is -0.483. The van der Waals surface area contributed by atoms with Gasteiger partial charge in [-0.25, -0.2) is 8.78 Å². The largest absolute Gasteiger partial charge is 0.481 e. The first-order valence-corrected chi connectivity index (χ1v) is 3.47. The van der Waals surface area contributed by atoms with E-state index < -0.39 is 35.9 Å². The highest BCUT2D eigenvalue weighted by molar-refractivity contribution is 5.97.